The first-order valence-electron chi connectivity index (χ1n) is 7.03. The summed E-state index contributed by atoms with van der Waals surface area (Å²) in [4.78, 5) is 12.0. The molecule has 0 fully saturated rings. The van der Waals surface area contributed by atoms with Crippen LogP contribution in [0.25, 0.3) is 0 Å². The second-order valence-electron chi connectivity index (χ2n) is 5.78. The van der Waals surface area contributed by atoms with Gasteiger partial charge in [-0.2, -0.15) is 11.8 Å². The van der Waals surface area contributed by atoms with Gasteiger partial charge in [0, 0.05) is 11.8 Å². The van der Waals surface area contributed by atoms with Gasteiger partial charge in [0.25, 0.3) is 0 Å². The Balaban J connectivity index is 3.05. The minimum Gasteiger partial charge on any atom is -0.480 e. The van der Waals surface area contributed by atoms with Gasteiger partial charge in [-0.3, -0.25) is 5.32 Å². The van der Waals surface area contributed by atoms with E-state index in [0.29, 0.717) is 11.7 Å². The van der Waals surface area contributed by atoms with Crippen LogP contribution in [0.2, 0.25) is 0 Å². The fourth-order valence-corrected chi connectivity index (χ4v) is 3.39. The van der Waals surface area contributed by atoms with Gasteiger partial charge < -0.3 is 5.11 Å². The minimum atomic E-state index is -1.02. The van der Waals surface area contributed by atoms with E-state index in [-0.39, 0.29) is 6.04 Å². The van der Waals surface area contributed by atoms with Crippen molar-refractivity contribution >= 4 is 17.7 Å². The number of carboxylic acids is 1. The van der Waals surface area contributed by atoms with Crippen molar-refractivity contribution in [3.05, 3.63) is 35.9 Å². The Hall–Kier alpha value is -1.00. The van der Waals surface area contributed by atoms with Gasteiger partial charge in [0.2, 0.25) is 0 Å². The molecule has 0 heterocycles. The van der Waals surface area contributed by atoms with Crippen molar-refractivity contribution < 1.29 is 9.90 Å². The predicted octanol–water partition coefficient (Wildman–Crippen LogP) is 3.35. The van der Waals surface area contributed by atoms with Crippen molar-refractivity contribution in [2.75, 3.05) is 11.5 Å². The van der Waals surface area contributed by atoms with Crippen LogP contribution in [0.3, 0.4) is 0 Å². The van der Waals surface area contributed by atoms with E-state index in [1.165, 1.54) is 0 Å². The third-order valence-electron chi connectivity index (χ3n) is 2.94. The lowest BCUT2D eigenvalue weighted by Gasteiger charge is -2.33. The Morgan fingerprint density at radius 2 is 1.85 bits per heavy atom. The van der Waals surface area contributed by atoms with E-state index in [9.17, 15) is 9.90 Å². The van der Waals surface area contributed by atoms with Crippen LogP contribution in [-0.4, -0.2) is 28.6 Å². The van der Waals surface area contributed by atoms with E-state index in [2.05, 4.69) is 19.2 Å². The Morgan fingerprint density at radius 3 is 2.30 bits per heavy atom. The van der Waals surface area contributed by atoms with Gasteiger partial charge >= 0.3 is 5.97 Å². The summed E-state index contributed by atoms with van der Waals surface area (Å²) in [5, 5.41) is 13.1. The highest BCUT2D eigenvalue weighted by Crippen LogP contribution is 2.28. The first-order chi connectivity index (χ1) is 9.38. The fraction of sp³-hybridized carbons (Fsp3) is 0.562. The molecule has 0 aliphatic carbocycles. The molecule has 0 saturated carbocycles. The fourth-order valence-electron chi connectivity index (χ4n) is 2.12. The molecule has 1 unspecified atom stereocenters. The average Bonchev–Trinajstić information content (AvgIpc) is 2.37. The third kappa shape index (κ3) is 4.53. The highest BCUT2D eigenvalue weighted by atomic mass is 32.2. The summed E-state index contributed by atoms with van der Waals surface area (Å²) in [6, 6.07) is 9.57. The highest BCUT2D eigenvalue weighted by molar-refractivity contribution is 7.99. The molecule has 2 N–H and O–H groups in total. The molecule has 0 aliphatic heterocycles. The molecule has 0 saturated heterocycles. The van der Waals surface area contributed by atoms with Gasteiger partial charge in [0.05, 0.1) is 0 Å². The van der Waals surface area contributed by atoms with Crippen LogP contribution < -0.4 is 5.32 Å². The molecule has 3 nitrogen and oxygen atoms in total. The molecular formula is C16H25NO2S. The number of hydrogen-bond donors (Lipinski definition) is 2. The topological polar surface area (TPSA) is 49.3 Å². The Bertz CT molecular complexity index is 420. The van der Waals surface area contributed by atoms with E-state index in [4.69, 9.17) is 0 Å². The van der Waals surface area contributed by atoms with Crippen molar-refractivity contribution in [1.29, 1.82) is 0 Å². The zero-order chi connectivity index (χ0) is 15.2. The number of nitrogens with one attached hydrogen (secondary N) is 1. The zero-order valence-electron chi connectivity index (χ0n) is 12.7. The maximum Gasteiger partial charge on any atom is 0.329 e. The number of aliphatic carboxylic acids is 1. The van der Waals surface area contributed by atoms with Crippen molar-refractivity contribution in [2.24, 2.45) is 5.92 Å². The monoisotopic (exact) mass is 295 g/mol. The first kappa shape index (κ1) is 17.1. The Labute approximate surface area is 126 Å². The summed E-state index contributed by atoms with van der Waals surface area (Å²) < 4.78 is 0. The van der Waals surface area contributed by atoms with Crippen LogP contribution in [0.15, 0.2) is 30.3 Å². The molecule has 0 radical (unpaired) electrons. The van der Waals surface area contributed by atoms with Crippen LogP contribution in [-0.2, 0) is 10.3 Å². The molecule has 112 valence electrons. The van der Waals surface area contributed by atoms with Gasteiger partial charge in [-0.15, -0.1) is 0 Å². The van der Waals surface area contributed by atoms with Crippen LogP contribution in [0, 0.1) is 5.92 Å². The zero-order valence-corrected chi connectivity index (χ0v) is 13.5. The summed E-state index contributed by atoms with van der Waals surface area (Å²) in [6.45, 7) is 8.25. The maximum atomic E-state index is 12.0. The second kappa shape index (κ2) is 7.70. The minimum absolute atomic E-state index is 0.103. The largest absolute Gasteiger partial charge is 0.480 e. The van der Waals surface area contributed by atoms with E-state index in [0.717, 1.165) is 11.3 Å². The van der Waals surface area contributed by atoms with Gasteiger partial charge in [-0.25, -0.2) is 4.79 Å². The van der Waals surface area contributed by atoms with Crippen LogP contribution in [0.5, 0.6) is 0 Å². The lowest BCUT2D eigenvalue weighted by molar-refractivity contribution is -0.144. The average molecular weight is 295 g/mol. The van der Waals surface area contributed by atoms with Crippen LogP contribution >= 0.6 is 11.8 Å². The number of rotatable bonds is 8. The van der Waals surface area contributed by atoms with Crippen molar-refractivity contribution in [2.45, 2.75) is 39.3 Å². The molecule has 0 spiro atoms. The van der Waals surface area contributed by atoms with Crippen molar-refractivity contribution in [1.82, 2.24) is 5.32 Å². The summed E-state index contributed by atoms with van der Waals surface area (Å²) in [7, 11) is 0. The third-order valence-corrected chi connectivity index (χ3v) is 4.48. The molecule has 0 aromatic heterocycles. The molecule has 0 aliphatic rings. The Kier molecular flexibility index (Phi) is 6.56. The smallest absolute Gasteiger partial charge is 0.329 e. The summed E-state index contributed by atoms with van der Waals surface area (Å²) >= 11 is 1.69. The highest BCUT2D eigenvalue weighted by Gasteiger charge is 2.40. The molecule has 1 aromatic carbocycles. The van der Waals surface area contributed by atoms with Crippen molar-refractivity contribution in [3.8, 4) is 0 Å². The van der Waals surface area contributed by atoms with Gasteiger partial charge in [0.15, 0.2) is 5.54 Å². The maximum absolute atomic E-state index is 12.0. The van der Waals surface area contributed by atoms with E-state index in [1.807, 2.05) is 44.2 Å². The molecule has 1 aromatic rings. The van der Waals surface area contributed by atoms with Crippen LogP contribution in [0.1, 0.15) is 33.3 Å². The molecule has 1 rings (SSSR count). The predicted molar refractivity (Wildman–Crippen MR) is 86.2 cm³/mol. The number of benzene rings is 1. The number of thioether (sulfide) groups is 1. The molecular weight excluding hydrogens is 270 g/mol. The normalized spacial score (nSPS) is 14.5. The van der Waals surface area contributed by atoms with Crippen LogP contribution in [0.4, 0.5) is 0 Å². The molecule has 1 atom stereocenters. The standard InChI is InChI=1S/C16H25NO2S/c1-12(2)10-20-11-16(15(18)19,17-13(3)4)14-8-6-5-7-9-14/h5-9,12-13,17H,10-11H2,1-4H3,(H,18,19). The lowest BCUT2D eigenvalue weighted by atomic mass is 9.91. The van der Waals surface area contributed by atoms with E-state index >= 15 is 0 Å². The molecule has 0 bridgehead atoms. The Morgan fingerprint density at radius 1 is 1.25 bits per heavy atom. The number of carboxylic acid groups (broad SMARTS) is 1. The molecule has 0 amide bonds. The lowest BCUT2D eigenvalue weighted by Crippen LogP contribution is -2.54. The quantitative estimate of drug-likeness (QED) is 0.772. The van der Waals surface area contributed by atoms with Gasteiger partial charge in [0.1, 0.15) is 0 Å². The first-order valence-corrected chi connectivity index (χ1v) is 8.18. The number of hydrogen-bond acceptors (Lipinski definition) is 3. The molecule has 20 heavy (non-hydrogen) atoms. The second-order valence-corrected chi connectivity index (χ2v) is 6.81. The van der Waals surface area contributed by atoms with Crippen molar-refractivity contribution in [3.63, 3.8) is 0 Å². The van der Waals surface area contributed by atoms with E-state index in [1.54, 1.807) is 11.8 Å². The number of carbonyl (C=O) groups is 1. The van der Waals surface area contributed by atoms with Gasteiger partial charge in [-0.1, -0.05) is 44.2 Å². The van der Waals surface area contributed by atoms with Gasteiger partial charge in [-0.05, 0) is 31.1 Å². The molecule has 4 heteroatoms. The summed E-state index contributed by atoms with van der Waals surface area (Å²) in [5.74, 6) is 1.24. The van der Waals surface area contributed by atoms with E-state index < -0.39 is 11.5 Å². The summed E-state index contributed by atoms with van der Waals surface area (Å²) in [5.41, 5.74) is -0.202. The summed E-state index contributed by atoms with van der Waals surface area (Å²) in [6.07, 6.45) is 0. The SMILES string of the molecule is CC(C)CSCC(NC(C)C)(C(=O)O)c1ccccc1.